The van der Waals surface area contributed by atoms with Crippen molar-refractivity contribution in [3.8, 4) is 0 Å². The first-order valence-electron chi connectivity index (χ1n) is 5.92. The molecule has 0 saturated heterocycles. The summed E-state index contributed by atoms with van der Waals surface area (Å²) in [6, 6.07) is 0. The van der Waals surface area contributed by atoms with Gasteiger partial charge in [0.25, 0.3) is 0 Å². The summed E-state index contributed by atoms with van der Waals surface area (Å²) in [5.41, 5.74) is -2.66. The number of carbonyl (C=O) groups is 2. The van der Waals surface area contributed by atoms with Crippen molar-refractivity contribution in [3.63, 3.8) is 0 Å². The van der Waals surface area contributed by atoms with Crippen LogP contribution in [0.1, 0.15) is 48.0 Å². The van der Waals surface area contributed by atoms with E-state index in [1.54, 1.807) is 41.5 Å². The van der Waals surface area contributed by atoms with Gasteiger partial charge in [-0.25, -0.2) is 0 Å². The summed E-state index contributed by atoms with van der Waals surface area (Å²) in [7, 11) is 0. The second kappa shape index (κ2) is 4.88. The Labute approximate surface area is 108 Å². The van der Waals surface area contributed by atoms with Crippen molar-refractivity contribution in [2.24, 2.45) is 16.7 Å². The number of carboxylic acid groups (broad SMARTS) is 2. The van der Waals surface area contributed by atoms with Gasteiger partial charge in [-0.3, -0.25) is 9.59 Å². The molecule has 3 N–H and O–H groups in total. The van der Waals surface area contributed by atoms with Crippen LogP contribution in [0.4, 0.5) is 0 Å². The standard InChI is InChI=1S/C13H24O5/c1-11(2,3)13(18,12(4,5)6)7-8(9(14)15)10(16)17/h8,18H,7H2,1-6H3,(H,14,15)(H,16,17). The molecule has 5 nitrogen and oxygen atoms in total. The van der Waals surface area contributed by atoms with Gasteiger partial charge >= 0.3 is 11.9 Å². The van der Waals surface area contributed by atoms with Crippen molar-refractivity contribution >= 4 is 11.9 Å². The molecular formula is C13H24O5. The highest BCUT2D eigenvalue weighted by Gasteiger charge is 2.52. The third-order valence-electron chi connectivity index (χ3n) is 3.58. The van der Waals surface area contributed by atoms with Gasteiger partial charge in [-0.15, -0.1) is 0 Å². The molecule has 0 rings (SSSR count). The molecule has 18 heavy (non-hydrogen) atoms. The lowest BCUT2D eigenvalue weighted by Crippen LogP contribution is -2.55. The first kappa shape index (κ1) is 16.9. The van der Waals surface area contributed by atoms with E-state index in [0.717, 1.165) is 0 Å². The number of aliphatic carboxylic acids is 2. The summed E-state index contributed by atoms with van der Waals surface area (Å²) in [5.74, 6) is -4.45. The van der Waals surface area contributed by atoms with E-state index < -0.39 is 34.3 Å². The van der Waals surface area contributed by atoms with Gasteiger partial charge in [0.1, 0.15) is 0 Å². The van der Waals surface area contributed by atoms with E-state index in [0.29, 0.717) is 0 Å². The van der Waals surface area contributed by atoms with Crippen molar-refractivity contribution in [1.29, 1.82) is 0 Å². The number of aliphatic hydroxyl groups is 1. The Morgan fingerprint density at radius 3 is 1.33 bits per heavy atom. The van der Waals surface area contributed by atoms with Crippen LogP contribution >= 0.6 is 0 Å². The molecule has 0 aliphatic heterocycles. The average Bonchev–Trinajstić information content (AvgIpc) is 2.08. The van der Waals surface area contributed by atoms with Crippen molar-refractivity contribution < 1.29 is 24.9 Å². The Bertz CT molecular complexity index is 304. The van der Waals surface area contributed by atoms with Crippen molar-refractivity contribution in [1.82, 2.24) is 0 Å². The summed E-state index contributed by atoms with van der Waals surface area (Å²) >= 11 is 0. The Morgan fingerprint density at radius 1 is 0.889 bits per heavy atom. The summed E-state index contributed by atoms with van der Waals surface area (Å²) in [4.78, 5) is 22.0. The SMILES string of the molecule is CC(C)(C)C(O)(CC(C(=O)O)C(=O)O)C(C)(C)C. The zero-order valence-electron chi connectivity index (χ0n) is 11.9. The lowest BCUT2D eigenvalue weighted by atomic mass is 9.59. The predicted molar refractivity (Wildman–Crippen MR) is 67.2 cm³/mol. The third kappa shape index (κ3) is 3.22. The predicted octanol–water partition coefficient (Wildman–Crippen LogP) is 1.99. The molecule has 0 heterocycles. The lowest BCUT2D eigenvalue weighted by molar-refractivity contribution is -0.174. The molecule has 106 valence electrons. The minimum Gasteiger partial charge on any atom is -0.481 e. The van der Waals surface area contributed by atoms with Gasteiger partial charge in [-0.1, -0.05) is 41.5 Å². The van der Waals surface area contributed by atoms with Crippen LogP contribution < -0.4 is 0 Å². The molecular weight excluding hydrogens is 236 g/mol. The van der Waals surface area contributed by atoms with E-state index in [1.165, 1.54) is 0 Å². The van der Waals surface area contributed by atoms with Crippen molar-refractivity contribution in [2.45, 2.75) is 53.6 Å². The van der Waals surface area contributed by atoms with Crippen LogP contribution in [0.2, 0.25) is 0 Å². The van der Waals surface area contributed by atoms with E-state index in [2.05, 4.69) is 0 Å². The molecule has 0 aromatic carbocycles. The molecule has 0 aromatic heterocycles. The molecule has 0 bridgehead atoms. The highest BCUT2D eigenvalue weighted by atomic mass is 16.4. The zero-order chi connectivity index (χ0) is 14.9. The second-order valence-electron chi connectivity index (χ2n) is 6.79. The van der Waals surface area contributed by atoms with E-state index in [9.17, 15) is 14.7 Å². The van der Waals surface area contributed by atoms with Crippen molar-refractivity contribution in [3.05, 3.63) is 0 Å². The molecule has 5 heteroatoms. The van der Waals surface area contributed by atoms with Gasteiger partial charge in [0.2, 0.25) is 0 Å². The zero-order valence-corrected chi connectivity index (χ0v) is 11.9. The average molecular weight is 260 g/mol. The molecule has 0 spiro atoms. The molecule has 0 radical (unpaired) electrons. The number of carboxylic acids is 2. The van der Waals surface area contributed by atoms with Gasteiger partial charge in [0, 0.05) is 6.42 Å². The summed E-state index contributed by atoms with van der Waals surface area (Å²) < 4.78 is 0. The first-order chi connectivity index (χ1) is 7.74. The Hall–Kier alpha value is -1.10. The molecule has 0 amide bonds. The normalized spacial score (nSPS) is 13.8. The largest absolute Gasteiger partial charge is 0.481 e. The third-order valence-corrected chi connectivity index (χ3v) is 3.58. The van der Waals surface area contributed by atoms with Crippen LogP contribution in [-0.4, -0.2) is 32.9 Å². The van der Waals surface area contributed by atoms with Crippen LogP contribution in [0.3, 0.4) is 0 Å². The Morgan fingerprint density at radius 2 is 1.17 bits per heavy atom. The maximum absolute atomic E-state index is 11.0. The lowest BCUT2D eigenvalue weighted by Gasteiger charge is -2.50. The van der Waals surface area contributed by atoms with Crippen LogP contribution in [0.15, 0.2) is 0 Å². The number of hydrogen-bond donors (Lipinski definition) is 3. The maximum Gasteiger partial charge on any atom is 0.317 e. The summed E-state index contributed by atoms with van der Waals surface area (Å²) in [5, 5.41) is 28.7. The van der Waals surface area contributed by atoms with Crippen LogP contribution in [0, 0.1) is 16.7 Å². The van der Waals surface area contributed by atoms with Crippen LogP contribution in [0.25, 0.3) is 0 Å². The van der Waals surface area contributed by atoms with Crippen molar-refractivity contribution in [2.75, 3.05) is 0 Å². The van der Waals surface area contributed by atoms with E-state index >= 15 is 0 Å². The van der Waals surface area contributed by atoms with Crippen LogP contribution in [-0.2, 0) is 9.59 Å². The Kier molecular flexibility index (Phi) is 4.58. The highest BCUT2D eigenvalue weighted by Crippen LogP contribution is 2.47. The number of rotatable bonds is 4. The summed E-state index contributed by atoms with van der Waals surface area (Å²) in [6.07, 6.45) is -0.315. The van der Waals surface area contributed by atoms with Gasteiger partial charge in [0.05, 0.1) is 5.60 Å². The van der Waals surface area contributed by atoms with Crippen LogP contribution in [0.5, 0.6) is 0 Å². The monoisotopic (exact) mass is 260 g/mol. The molecule has 0 aromatic rings. The molecule has 0 aliphatic carbocycles. The molecule has 0 fully saturated rings. The van der Waals surface area contributed by atoms with E-state index in [1.807, 2.05) is 0 Å². The molecule has 0 atom stereocenters. The van der Waals surface area contributed by atoms with Gasteiger partial charge in [-0.05, 0) is 10.8 Å². The minimum atomic E-state index is -1.60. The van der Waals surface area contributed by atoms with Gasteiger partial charge in [-0.2, -0.15) is 0 Å². The fourth-order valence-corrected chi connectivity index (χ4v) is 2.31. The van der Waals surface area contributed by atoms with E-state index in [4.69, 9.17) is 10.2 Å². The second-order valence-corrected chi connectivity index (χ2v) is 6.79. The molecule has 0 saturated carbocycles. The quantitative estimate of drug-likeness (QED) is 0.672. The smallest absolute Gasteiger partial charge is 0.317 e. The fraction of sp³-hybridized carbons (Fsp3) is 0.846. The van der Waals surface area contributed by atoms with Gasteiger partial charge in [0.15, 0.2) is 5.92 Å². The molecule has 0 unspecified atom stereocenters. The minimum absolute atomic E-state index is 0.315. The Balaban J connectivity index is 5.53. The topological polar surface area (TPSA) is 94.8 Å². The number of hydrogen-bond acceptors (Lipinski definition) is 3. The first-order valence-corrected chi connectivity index (χ1v) is 5.92. The fourth-order valence-electron chi connectivity index (χ4n) is 2.31. The highest BCUT2D eigenvalue weighted by molar-refractivity contribution is 5.92. The van der Waals surface area contributed by atoms with Gasteiger partial charge < -0.3 is 15.3 Å². The molecule has 0 aliphatic rings. The summed E-state index contributed by atoms with van der Waals surface area (Å²) in [6.45, 7) is 10.7. The maximum atomic E-state index is 11.0. The van der Waals surface area contributed by atoms with E-state index in [-0.39, 0.29) is 6.42 Å².